The molecular weight excluding hydrogens is 377 g/mol. The Bertz CT molecular complexity index is 969. The van der Waals surface area contributed by atoms with Gasteiger partial charge in [-0.05, 0) is 42.3 Å². The predicted octanol–water partition coefficient (Wildman–Crippen LogP) is 1.98. The van der Waals surface area contributed by atoms with Crippen molar-refractivity contribution in [3.8, 4) is 0 Å². The average Bonchev–Trinajstić information content (AvgIpc) is 2.61. The van der Waals surface area contributed by atoms with Gasteiger partial charge in [-0.3, -0.25) is 4.79 Å². The van der Waals surface area contributed by atoms with E-state index in [9.17, 15) is 17.6 Å². The van der Waals surface area contributed by atoms with E-state index in [1.807, 2.05) is 0 Å². The third-order valence-electron chi connectivity index (χ3n) is 4.42. The van der Waals surface area contributed by atoms with Gasteiger partial charge in [-0.15, -0.1) is 16.2 Å². The number of carbonyl (C=O) groups is 1. The number of hydrogen-bond acceptors (Lipinski definition) is 5. The van der Waals surface area contributed by atoms with Gasteiger partial charge in [-0.2, -0.15) is 0 Å². The van der Waals surface area contributed by atoms with E-state index in [0.717, 1.165) is 16.2 Å². The lowest BCUT2D eigenvalue weighted by Crippen LogP contribution is -2.43. The van der Waals surface area contributed by atoms with Gasteiger partial charge in [0.15, 0.2) is 5.84 Å². The standard InChI is InChI=1S/C17H16FN3O3S2/c18-11-3-4-15-13(10-11)14(5-8-25-15)19-17(22)12-2-1-6-21-7-9-26(23,24)20-16(12)21/h1-4,6,10,14H,5,7-9H2,(H,19,22). The van der Waals surface area contributed by atoms with E-state index >= 15 is 0 Å². The predicted molar refractivity (Wildman–Crippen MR) is 97.8 cm³/mol. The second-order valence-electron chi connectivity index (χ2n) is 6.16. The van der Waals surface area contributed by atoms with Crippen molar-refractivity contribution in [3.63, 3.8) is 0 Å². The van der Waals surface area contributed by atoms with Crippen LogP contribution in [-0.4, -0.2) is 43.1 Å². The summed E-state index contributed by atoms with van der Waals surface area (Å²) in [7, 11) is -3.57. The number of halogens is 1. The van der Waals surface area contributed by atoms with Crippen molar-refractivity contribution >= 4 is 33.5 Å². The van der Waals surface area contributed by atoms with Crippen LogP contribution >= 0.6 is 11.8 Å². The summed E-state index contributed by atoms with van der Waals surface area (Å²) in [5.41, 5.74) is 0.948. The molecule has 3 aliphatic heterocycles. The molecule has 0 aromatic heterocycles. The third-order valence-corrected chi connectivity index (χ3v) is 6.69. The molecule has 1 amide bonds. The molecular formula is C17H16FN3O3S2. The molecule has 1 aromatic carbocycles. The summed E-state index contributed by atoms with van der Waals surface area (Å²) in [6.07, 6.45) is 5.61. The van der Waals surface area contributed by atoms with Gasteiger partial charge in [-0.1, -0.05) is 0 Å². The molecule has 1 aromatic rings. The lowest BCUT2D eigenvalue weighted by molar-refractivity contribution is -0.117. The molecule has 0 fully saturated rings. The first-order valence-corrected chi connectivity index (χ1v) is 10.7. The van der Waals surface area contributed by atoms with Crippen molar-refractivity contribution in [1.29, 1.82) is 0 Å². The fourth-order valence-corrected chi connectivity index (χ4v) is 5.24. The number of amides is 1. The second-order valence-corrected chi connectivity index (χ2v) is 9.05. The number of hydrogen-bond donors (Lipinski definition) is 1. The molecule has 3 heterocycles. The molecule has 0 bridgehead atoms. The van der Waals surface area contributed by atoms with E-state index in [1.54, 1.807) is 41.1 Å². The normalized spacial score (nSPS) is 23.4. The summed E-state index contributed by atoms with van der Waals surface area (Å²) >= 11 is 1.63. The topological polar surface area (TPSA) is 78.8 Å². The fourth-order valence-electron chi connectivity index (χ4n) is 3.14. The van der Waals surface area contributed by atoms with Crippen LogP contribution < -0.4 is 5.32 Å². The molecule has 0 radical (unpaired) electrons. The Labute approximate surface area is 154 Å². The van der Waals surface area contributed by atoms with E-state index in [1.165, 1.54) is 12.1 Å². The first-order chi connectivity index (χ1) is 12.4. The highest BCUT2D eigenvalue weighted by Gasteiger charge is 2.31. The molecule has 0 saturated carbocycles. The van der Waals surface area contributed by atoms with Crippen LogP contribution in [-0.2, 0) is 14.8 Å². The molecule has 1 N–H and O–H groups in total. The SMILES string of the molecule is O=C(NC1CCSc2ccc(F)cc21)C1=CC=CN2CCS(=O)(=O)N=C12. The maximum absolute atomic E-state index is 13.6. The molecule has 4 rings (SSSR count). The summed E-state index contributed by atoms with van der Waals surface area (Å²) in [5, 5.41) is 2.91. The first-order valence-electron chi connectivity index (χ1n) is 8.14. The van der Waals surface area contributed by atoms with Crippen molar-refractivity contribution in [2.24, 2.45) is 4.40 Å². The molecule has 136 valence electrons. The van der Waals surface area contributed by atoms with Crippen molar-refractivity contribution in [3.05, 3.63) is 53.5 Å². The zero-order chi connectivity index (χ0) is 18.3. The maximum Gasteiger partial charge on any atom is 0.256 e. The molecule has 9 heteroatoms. The van der Waals surface area contributed by atoms with E-state index in [-0.39, 0.29) is 35.6 Å². The van der Waals surface area contributed by atoms with E-state index in [0.29, 0.717) is 6.42 Å². The number of nitrogens with zero attached hydrogens (tertiary/aromatic N) is 2. The van der Waals surface area contributed by atoms with Gasteiger partial charge in [0.25, 0.3) is 15.9 Å². The maximum atomic E-state index is 13.6. The van der Waals surface area contributed by atoms with Crippen LogP contribution in [0, 0.1) is 5.82 Å². The van der Waals surface area contributed by atoms with Gasteiger partial charge < -0.3 is 10.2 Å². The Kier molecular flexibility index (Phi) is 4.36. The van der Waals surface area contributed by atoms with E-state index < -0.39 is 15.9 Å². The third kappa shape index (κ3) is 3.28. The van der Waals surface area contributed by atoms with Crippen LogP contribution in [0.4, 0.5) is 4.39 Å². The van der Waals surface area contributed by atoms with Gasteiger partial charge in [0.05, 0.1) is 17.4 Å². The van der Waals surface area contributed by atoms with Gasteiger partial charge in [0.2, 0.25) is 0 Å². The summed E-state index contributed by atoms with van der Waals surface area (Å²) in [5.74, 6) is 0.106. The van der Waals surface area contributed by atoms with Gasteiger partial charge in [-0.25, -0.2) is 12.8 Å². The molecule has 1 unspecified atom stereocenters. The van der Waals surface area contributed by atoms with Crippen LogP contribution in [0.5, 0.6) is 0 Å². The second kappa shape index (κ2) is 6.55. The van der Waals surface area contributed by atoms with Crippen LogP contribution in [0.2, 0.25) is 0 Å². The van der Waals surface area contributed by atoms with Crippen molar-refractivity contribution in [1.82, 2.24) is 10.2 Å². The minimum Gasteiger partial charge on any atom is -0.345 e. The summed E-state index contributed by atoms with van der Waals surface area (Å²) in [6.45, 7) is 0.260. The lowest BCUT2D eigenvalue weighted by Gasteiger charge is -2.30. The zero-order valence-electron chi connectivity index (χ0n) is 13.7. The Morgan fingerprint density at radius 1 is 1.38 bits per heavy atom. The Morgan fingerprint density at radius 3 is 3.08 bits per heavy atom. The van der Waals surface area contributed by atoms with Crippen LogP contribution in [0.1, 0.15) is 18.0 Å². The van der Waals surface area contributed by atoms with Crippen molar-refractivity contribution < 1.29 is 17.6 Å². The summed E-state index contributed by atoms with van der Waals surface area (Å²) in [4.78, 5) is 15.4. The lowest BCUT2D eigenvalue weighted by atomic mass is 10.0. The number of thioether (sulfide) groups is 1. The molecule has 3 aliphatic rings. The highest BCUT2D eigenvalue weighted by Crippen LogP contribution is 2.36. The number of amidine groups is 1. The van der Waals surface area contributed by atoms with Crippen molar-refractivity contribution in [2.45, 2.75) is 17.4 Å². The number of carbonyl (C=O) groups excluding carboxylic acids is 1. The minimum atomic E-state index is -3.57. The minimum absolute atomic E-state index is 0.0811. The largest absolute Gasteiger partial charge is 0.345 e. The molecule has 0 aliphatic carbocycles. The molecule has 0 saturated heterocycles. The molecule has 1 atom stereocenters. The van der Waals surface area contributed by atoms with E-state index in [4.69, 9.17) is 0 Å². The van der Waals surface area contributed by atoms with Crippen molar-refractivity contribution in [2.75, 3.05) is 18.1 Å². The summed E-state index contributed by atoms with van der Waals surface area (Å²) in [6, 6.07) is 4.24. The molecule has 6 nitrogen and oxygen atoms in total. The monoisotopic (exact) mass is 393 g/mol. The van der Waals surface area contributed by atoms with Gasteiger partial charge in [0.1, 0.15) is 5.82 Å². The van der Waals surface area contributed by atoms with Crippen LogP contribution in [0.15, 0.2) is 51.4 Å². The van der Waals surface area contributed by atoms with Gasteiger partial charge in [0, 0.05) is 23.4 Å². The number of sulfonamides is 1. The number of nitrogens with one attached hydrogen (secondary N) is 1. The Hall–Kier alpha value is -2.13. The van der Waals surface area contributed by atoms with Crippen LogP contribution in [0.25, 0.3) is 0 Å². The Balaban J connectivity index is 1.62. The van der Waals surface area contributed by atoms with E-state index in [2.05, 4.69) is 9.71 Å². The fraction of sp³-hybridized carbons (Fsp3) is 0.294. The molecule has 26 heavy (non-hydrogen) atoms. The first kappa shape index (κ1) is 17.3. The quantitative estimate of drug-likeness (QED) is 0.831. The zero-order valence-corrected chi connectivity index (χ0v) is 15.3. The highest BCUT2D eigenvalue weighted by atomic mass is 32.2. The number of benzene rings is 1. The number of fused-ring (bicyclic) bond motifs is 2. The molecule has 0 spiro atoms. The number of allylic oxidation sites excluding steroid dienone is 2. The summed E-state index contributed by atoms with van der Waals surface area (Å²) < 4.78 is 41.0. The smallest absolute Gasteiger partial charge is 0.256 e. The average molecular weight is 393 g/mol. The number of rotatable bonds is 2. The van der Waals surface area contributed by atoms with Crippen LogP contribution in [0.3, 0.4) is 0 Å². The Morgan fingerprint density at radius 2 is 2.23 bits per heavy atom. The highest BCUT2D eigenvalue weighted by molar-refractivity contribution is 7.99. The van der Waals surface area contributed by atoms with Gasteiger partial charge >= 0.3 is 0 Å².